The molecule has 0 aliphatic carbocycles. The zero-order chi connectivity index (χ0) is 19.1. The lowest BCUT2D eigenvalue weighted by atomic mass is 10.1. The van der Waals surface area contributed by atoms with E-state index in [2.05, 4.69) is 71.8 Å². The number of hydrogen-bond acceptors (Lipinski definition) is 5. The molecule has 2 aromatic carbocycles. The first-order valence-electron chi connectivity index (χ1n) is 9.44. The molecule has 4 nitrogen and oxygen atoms in total. The molecule has 0 saturated carbocycles. The molecular formula is C22H27N3OS. The summed E-state index contributed by atoms with van der Waals surface area (Å²) in [6.07, 6.45) is 4.73. The summed E-state index contributed by atoms with van der Waals surface area (Å²) in [4.78, 5) is 0. The Kier molecular flexibility index (Phi) is 6.82. The van der Waals surface area contributed by atoms with Crippen LogP contribution < -0.4 is 10.1 Å². The Labute approximate surface area is 165 Å². The van der Waals surface area contributed by atoms with Crippen LogP contribution in [-0.4, -0.2) is 23.9 Å². The van der Waals surface area contributed by atoms with E-state index in [1.165, 1.54) is 18.4 Å². The number of aromatic nitrogens is 2. The van der Waals surface area contributed by atoms with Crippen LogP contribution in [-0.2, 0) is 6.42 Å². The maximum absolute atomic E-state index is 5.44. The number of methoxy groups -OCH3 is 1. The van der Waals surface area contributed by atoms with Gasteiger partial charge in [-0.25, -0.2) is 0 Å². The molecule has 0 unspecified atom stereocenters. The second-order valence-corrected chi connectivity index (χ2v) is 7.76. The second-order valence-electron chi connectivity index (χ2n) is 6.78. The number of unbranched alkanes of at least 4 members (excludes halogenated alkanes) is 2. The second kappa shape index (κ2) is 9.51. The number of nitrogens with one attached hydrogen (secondary N) is 1. The fourth-order valence-electron chi connectivity index (χ4n) is 3.28. The number of nitrogens with zero attached hydrogens (tertiary/aromatic N) is 2. The predicted octanol–water partition coefficient (Wildman–Crippen LogP) is 5.66. The number of rotatable bonds is 9. The fourth-order valence-corrected chi connectivity index (χ4v) is 4.03. The van der Waals surface area contributed by atoms with Crippen molar-refractivity contribution in [1.29, 1.82) is 0 Å². The summed E-state index contributed by atoms with van der Waals surface area (Å²) in [6, 6.07) is 14.9. The summed E-state index contributed by atoms with van der Waals surface area (Å²) in [5, 5.41) is 13.9. The van der Waals surface area contributed by atoms with Gasteiger partial charge in [-0.2, -0.15) is 0 Å². The van der Waals surface area contributed by atoms with Crippen LogP contribution in [0.25, 0.3) is 10.6 Å². The van der Waals surface area contributed by atoms with Gasteiger partial charge in [0.25, 0.3) is 0 Å². The maximum atomic E-state index is 5.44. The Hall–Kier alpha value is -2.40. The van der Waals surface area contributed by atoms with Gasteiger partial charge in [-0.3, -0.25) is 0 Å². The third-order valence-corrected chi connectivity index (χ3v) is 5.53. The van der Waals surface area contributed by atoms with E-state index >= 15 is 0 Å². The highest BCUT2D eigenvalue weighted by molar-refractivity contribution is 7.18. The van der Waals surface area contributed by atoms with E-state index in [-0.39, 0.29) is 0 Å². The largest absolute Gasteiger partial charge is 0.496 e. The molecule has 0 aliphatic rings. The molecule has 1 aromatic heterocycles. The Morgan fingerprint density at radius 3 is 2.41 bits per heavy atom. The normalized spacial score (nSPS) is 10.8. The molecule has 0 spiro atoms. The minimum absolute atomic E-state index is 0.888. The zero-order valence-corrected chi connectivity index (χ0v) is 17.1. The van der Waals surface area contributed by atoms with Crippen LogP contribution in [0.5, 0.6) is 5.75 Å². The van der Waals surface area contributed by atoms with E-state index in [4.69, 9.17) is 4.74 Å². The fraction of sp³-hybridized carbons (Fsp3) is 0.364. The number of hydrogen-bond donors (Lipinski definition) is 1. The highest BCUT2D eigenvalue weighted by Gasteiger charge is 2.11. The molecule has 3 rings (SSSR count). The van der Waals surface area contributed by atoms with E-state index in [0.29, 0.717) is 0 Å². The zero-order valence-electron chi connectivity index (χ0n) is 16.3. The van der Waals surface area contributed by atoms with Crippen molar-refractivity contribution in [3.05, 3.63) is 59.2 Å². The van der Waals surface area contributed by atoms with Gasteiger partial charge < -0.3 is 10.1 Å². The molecule has 142 valence electrons. The Morgan fingerprint density at radius 2 is 1.70 bits per heavy atom. The lowest BCUT2D eigenvalue weighted by Crippen LogP contribution is -2.01. The molecule has 0 bridgehead atoms. The topological polar surface area (TPSA) is 47.0 Å². The predicted molar refractivity (Wildman–Crippen MR) is 114 cm³/mol. The summed E-state index contributed by atoms with van der Waals surface area (Å²) in [7, 11) is 1.71. The van der Waals surface area contributed by atoms with Gasteiger partial charge in [0.2, 0.25) is 5.13 Å². The van der Waals surface area contributed by atoms with Crippen molar-refractivity contribution in [2.75, 3.05) is 19.0 Å². The summed E-state index contributed by atoms with van der Waals surface area (Å²) in [6.45, 7) is 5.06. The lowest BCUT2D eigenvalue weighted by Gasteiger charge is -2.09. The number of anilines is 1. The van der Waals surface area contributed by atoms with E-state index in [0.717, 1.165) is 52.0 Å². The first-order chi connectivity index (χ1) is 13.2. The average Bonchev–Trinajstić information content (AvgIpc) is 3.14. The van der Waals surface area contributed by atoms with Crippen molar-refractivity contribution in [3.63, 3.8) is 0 Å². The van der Waals surface area contributed by atoms with Gasteiger partial charge in [0.15, 0.2) is 0 Å². The van der Waals surface area contributed by atoms with Crippen LogP contribution in [0, 0.1) is 13.8 Å². The Balaban J connectivity index is 1.46. The molecule has 3 aromatic rings. The molecule has 0 fully saturated rings. The molecule has 0 radical (unpaired) electrons. The van der Waals surface area contributed by atoms with Crippen molar-refractivity contribution in [1.82, 2.24) is 10.2 Å². The van der Waals surface area contributed by atoms with Crippen molar-refractivity contribution < 1.29 is 4.74 Å². The van der Waals surface area contributed by atoms with E-state index < -0.39 is 0 Å². The third-order valence-electron chi connectivity index (χ3n) is 4.60. The molecular weight excluding hydrogens is 354 g/mol. The molecule has 27 heavy (non-hydrogen) atoms. The maximum Gasteiger partial charge on any atom is 0.206 e. The summed E-state index contributed by atoms with van der Waals surface area (Å²) in [5.74, 6) is 0.942. The standard InChI is InChI=1S/C22H27N3OS/c1-16-14-19(15-17(2)20(16)26-3)21-24-25-22(27-21)23-13-9-5-8-12-18-10-6-4-7-11-18/h4,6-7,10-11,14-15H,5,8-9,12-13H2,1-3H3,(H,23,25). The lowest BCUT2D eigenvalue weighted by molar-refractivity contribution is 0.408. The first-order valence-corrected chi connectivity index (χ1v) is 10.3. The van der Waals surface area contributed by atoms with Crippen molar-refractivity contribution in [3.8, 4) is 16.3 Å². The van der Waals surface area contributed by atoms with Crippen LogP contribution in [0.2, 0.25) is 0 Å². The Bertz CT molecular complexity index is 838. The quantitative estimate of drug-likeness (QED) is 0.486. The third kappa shape index (κ3) is 5.30. The number of benzene rings is 2. The summed E-state index contributed by atoms with van der Waals surface area (Å²) < 4.78 is 5.44. The smallest absolute Gasteiger partial charge is 0.206 e. The first kappa shape index (κ1) is 19.4. The minimum atomic E-state index is 0.888. The monoisotopic (exact) mass is 381 g/mol. The van der Waals surface area contributed by atoms with Crippen LogP contribution in [0.4, 0.5) is 5.13 Å². The average molecular weight is 382 g/mol. The van der Waals surface area contributed by atoms with E-state index in [9.17, 15) is 0 Å². The highest BCUT2D eigenvalue weighted by Crippen LogP contribution is 2.32. The SMILES string of the molecule is COc1c(C)cc(-c2nnc(NCCCCCc3ccccc3)s2)cc1C. The molecule has 1 heterocycles. The van der Waals surface area contributed by atoms with Crippen LogP contribution >= 0.6 is 11.3 Å². The van der Waals surface area contributed by atoms with E-state index in [1.807, 2.05) is 0 Å². The number of ether oxygens (including phenoxy) is 1. The number of aryl methyl sites for hydroxylation is 3. The van der Waals surface area contributed by atoms with Gasteiger partial charge in [-0.15, -0.1) is 10.2 Å². The van der Waals surface area contributed by atoms with Gasteiger partial charge in [-0.05, 0) is 61.9 Å². The van der Waals surface area contributed by atoms with Gasteiger partial charge >= 0.3 is 0 Å². The van der Waals surface area contributed by atoms with Crippen molar-refractivity contribution in [2.24, 2.45) is 0 Å². The Morgan fingerprint density at radius 1 is 0.963 bits per heavy atom. The van der Waals surface area contributed by atoms with Gasteiger partial charge in [0, 0.05) is 12.1 Å². The van der Waals surface area contributed by atoms with Crippen LogP contribution in [0.3, 0.4) is 0 Å². The minimum Gasteiger partial charge on any atom is -0.496 e. The van der Waals surface area contributed by atoms with Crippen LogP contribution in [0.1, 0.15) is 36.0 Å². The van der Waals surface area contributed by atoms with Crippen molar-refractivity contribution in [2.45, 2.75) is 39.5 Å². The molecule has 0 saturated heterocycles. The molecule has 0 amide bonds. The summed E-state index contributed by atoms with van der Waals surface area (Å²) >= 11 is 1.60. The van der Waals surface area contributed by atoms with E-state index in [1.54, 1.807) is 18.4 Å². The molecule has 5 heteroatoms. The summed E-state index contributed by atoms with van der Waals surface area (Å²) in [5.41, 5.74) is 4.76. The van der Waals surface area contributed by atoms with Gasteiger partial charge in [0.05, 0.1) is 7.11 Å². The molecule has 0 aliphatic heterocycles. The van der Waals surface area contributed by atoms with Crippen molar-refractivity contribution >= 4 is 16.5 Å². The van der Waals surface area contributed by atoms with Gasteiger partial charge in [-0.1, -0.05) is 48.1 Å². The molecule has 0 atom stereocenters. The van der Waals surface area contributed by atoms with Crippen LogP contribution in [0.15, 0.2) is 42.5 Å². The molecule has 1 N–H and O–H groups in total. The van der Waals surface area contributed by atoms with Gasteiger partial charge in [0.1, 0.15) is 10.8 Å². The highest BCUT2D eigenvalue weighted by atomic mass is 32.1.